The summed E-state index contributed by atoms with van der Waals surface area (Å²) in [5, 5.41) is 3.89. The van der Waals surface area contributed by atoms with Crippen molar-refractivity contribution < 1.29 is 14.1 Å². The van der Waals surface area contributed by atoms with Gasteiger partial charge in [0.05, 0.1) is 24.9 Å². The van der Waals surface area contributed by atoms with E-state index >= 15 is 0 Å². The fourth-order valence-electron chi connectivity index (χ4n) is 2.68. The Morgan fingerprint density at radius 3 is 3.05 bits per heavy atom. The van der Waals surface area contributed by atoms with E-state index in [-0.39, 0.29) is 12.0 Å². The Morgan fingerprint density at radius 2 is 2.36 bits per heavy atom. The summed E-state index contributed by atoms with van der Waals surface area (Å²) < 4.78 is 11.0. The van der Waals surface area contributed by atoms with Crippen LogP contribution in [0.4, 0.5) is 0 Å². The maximum atomic E-state index is 12.4. The maximum Gasteiger partial charge on any atom is 0.227 e. The lowest BCUT2D eigenvalue weighted by Gasteiger charge is -2.17. The molecule has 2 aromatic heterocycles. The van der Waals surface area contributed by atoms with E-state index < -0.39 is 0 Å². The number of pyridine rings is 1. The maximum absolute atomic E-state index is 12.4. The molecular formula is C16H19N3O3. The van der Waals surface area contributed by atoms with Gasteiger partial charge in [-0.25, -0.2) is 0 Å². The summed E-state index contributed by atoms with van der Waals surface area (Å²) in [6.45, 7) is 5.02. The molecule has 0 unspecified atom stereocenters. The van der Waals surface area contributed by atoms with Crippen molar-refractivity contribution in [2.24, 2.45) is 0 Å². The highest BCUT2D eigenvalue weighted by Crippen LogP contribution is 2.19. The molecule has 1 fully saturated rings. The summed E-state index contributed by atoms with van der Waals surface area (Å²) in [5.41, 5.74) is 1.68. The zero-order valence-electron chi connectivity index (χ0n) is 12.8. The Balaban J connectivity index is 1.57. The van der Waals surface area contributed by atoms with Crippen LogP contribution in [0.2, 0.25) is 0 Å². The molecule has 1 aliphatic rings. The van der Waals surface area contributed by atoms with Gasteiger partial charge >= 0.3 is 0 Å². The minimum absolute atomic E-state index is 0.0258. The zero-order valence-corrected chi connectivity index (χ0v) is 12.8. The van der Waals surface area contributed by atoms with Crippen LogP contribution >= 0.6 is 0 Å². The van der Waals surface area contributed by atoms with Crippen LogP contribution in [-0.4, -0.2) is 40.1 Å². The van der Waals surface area contributed by atoms with Crippen LogP contribution < -0.4 is 4.74 Å². The van der Waals surface area contributed by atoms with Gasteiger partial charge in [0.25, 0.3) is 0 Å². The molecule has 1 aliphatic heterocycles. The van der Waals surface area contributed by atoms with Crippen molar-refractivity contribution in [2.45, 2.75) is 32.8 Å². The van der Waals surface area contributed by atoms with Gasteiger partial charge in [0.1, 0.15) is 17.6 Å². The van der Waals surface area contributed by atoms with E-state index in [1.54, 1.807) is 12.4 Å². The first-order valence-electron chi connectivity index (χ1n) is 7.39. The highest BCUT2D eigenvalue weighted by Gasteiger charge is 2.28. The number of nitrogens with zero attached hydrogens (tertiary/aromatic N) is 3. The zero-order chi connectivity index (χ0) is 15.5. The van der Waals surface area contributed by atoms with E-state index in [9.17, 15) is 4.79 Å². The quantitative estimate of drug-likeness (QED) is 0.863. The van der Waals surface area contributed by atoms with Crippen LogP contribution in [0.1, 0.15) is 23.4 Å². The largest absolute Gasteiger partial charge is 0.487 e. The number of aryl methyl sites for hydroxylation is 2. The monoisotopic (exact) mass is 301 g/mol. The smallest absolute Gasteiger partial charge is 0.227 e. The van der Waals surface area contributed by atoms with Gasteiger partial charge in [0.2, 0.25) is 5.91 Å². The average Bonchev–Trinajstić information content (AvgIpc) is 3.10. The second-order valence-electron chi connectivity index (χ2n) is 5.54. The Hall–Kier alpha value is -2.37. The minimum Gasteiger partial charge on any atom is -0.487 e. The van der Waals surface area contributed by atoms with Crippen molar-refractivity contribution in [1.29, 1.82) is 0 Å². The van der Waals surface area contributed by atoms with Gasteiger partial charge in [-0.05, 0) is 26.0 Å². The third kappa shape index (κ3) is 3.10. The van der Waals surface area contributed by atoms with Crippen LogP contribution in [0.15, 0.2) is 29.0 Å². The number of carbonyl (C=O) groups excluding carboxylic acids is 1. The number of aromatic nitrogens is 2. The van der Waals surface area contributed by atoms with Crippen LogP contribution in [-0.2, 0) is 11.2 Å². The van der Waals surface area contributed by atoms with Crippen molar-refractivity contribution in [3.63, 3.8) is 0 Å². The first-order chi connectivity index (χ1) is 10.6. The number of carbonyl (C=O) groups is 1. The summed E-state index contributed by atoms with van der Waals surface area (Å²) in [7, 11) is 0. The van der Waals surface area contributed by atoms with E-state index in [2.05, 4.69) is 10.1 Å². The van der Waals surface area contributed by atoms with Gasteiger partial charge < -0.3 is 14.2 Å². The molecule has 1 atom stereocenters. The van der Waals surface area contributed by atoms with Crippen LogP contribution in [0.3, 0.4) is 0 Å². The summed E-state index contributed by atoms with van der Waals surface area (Å²) in [6, 6.07) is 3.71. The van der Waals surface area contributed by atoms with Gasteiger partial charge in [-0.15, -0.1) is 0 Å². The van der Waals surface area contributed by atoms with Gasteiger partial charge in [-0.3, -0.25) is 9.78 Å². The van der Waals surface area contributed by atoms with Crippen molar-refractivity contribution in [3.8, 4) is 5.75 Å². The lowest BCUT2D eigenvalue weighted by atomic mass is 10.1. The molecule has 3 rings (SSSR count). The Kier molecular flexibility index (Phi) is 4.09. The van der Waals surface area contributed by atoms with Crippen molar-refractivity contribution in [2.75, 3.05) is 13.1 Å². The summed E-state index contributed by atoms with van der Waals surface area (Å²) in [4.78, 5) is 18.3. The molecule has 1 amide bonds. The third-order valence-corrected chi connectivity index (χ3v) is 3.94. The van der Waals surface area contributed by atoms with Crippen molar-refractivity contribution in [1.82, 2.24) is 15.0 Å². The summed E-state index contributed by atoms with van der Waals surface area (Å²) in [6.07, 6.45) is 4.59. The molecule has 116 valence electrons. The standard InChI is InChI=1S/C16H19N3O3/c1-11-15(12(2)22-18-11)8-16(20)19-7-5-14(10-19)21-13-4-3-6-17-9-13/h3-4,6,9,14H,5,7-8,10H2,1-2H3/t14-/m0/s1. The predicted molar refractivity (Wildman–Crippen MR) is 79.5 cm³/mol. The molecule has 0 radical (unpaired) electrons. The minimum atomic E-state index is 0.0258. The van der Waals surface area contributed by atoms with Crippen LogP contribution in [0.5, 0.6) is 5.75 Å². The molecule has 0 bridgehead atoms. The molecule has 3 heterocycles. The predicted octanol–water partition coefficient (Wildman–Crippen LogP) is 1.91. The molecule has 0 aromatic carbocycles. The number of amides is 1. The number of hydrogen-bond acceptors (Lipinski definition) is 5. The molecule has 0 aliphatic carbocycles. The number of ether oxygens (including phenoxy) is 1. The molecule has 0 spiro atoms. The SMILES string of the molecule is Cc1noc(C)c1CC(=O)N1CC[C@H](Oc2cccnc2)C1. The van der Waals surface area contributed by atoms with E-state index in [1.165, 1.54) is 0 Å². The van der Waals surface area contributed by atoms with Gasteiger partial charge in [-0.2, -0.15) is 0 Å². The Morgan fingerprint density at radius 1 is 1.50 bits per heavy atom. The van der Waals surface area contributed by atoms with E-state index in [0.717, 1.165) is 23.4 Å². The lowest BCUT2D eigenvalue weighted by molar-refractivity contribution is -0.129. The second kappa shape index (κ2) is 6.17. The van der Waals surface area contributed by atoms with Gasteiger partial charge in [0, 0.05) is 24.7 Å². The molecule has 0 N–H and O–H groups in total. The van der Waals surface area contributed by atoms with Crippen molar-refractivity contribution in [3.05, 3.63) is 41.5 Å². The van der Waals surface area contributed by atoms with Gasteiger partial charge in [-0.1, -0.05) is 5.16 Å². The second-order valence-corrected chi connectivity index (χ2v) is 5.54. The summed E-state index contributed by atoms with van der Waals surface area (Å²) >= 11 is 0. The van der Waals surface area contributed by atoms with Crippen molar-refractivity contribution >= 4 is 5.91 Å². The Labute approximate surface area is 129 Å². The normalized spacial score (nSPS) is 17.7. The van der Waals surface area contributed by atoms with E-state index in [4.69, 9.17) is 9.26 Å². The Bertz CT molecular complexity index is 634. The molecule has 6 heteroatoms. The highest BCUT2D eigenvalue weighted by atomic mass is 16.5. The highest BCUT2D eigenvalue weighted by molar-refractivity contribution is 5.79. The third-order valence-electron chi connectivity index (χ3n) is 3.94. The molecule has 6 nitrogen and oxygen atoms in total. The molecular weight excluding hydrogens is 282 g/mol. The topological polar surface area (TPSA) is 68.5 Å². The number of likely N-dealkylation sites (tertiary alicyclic amines) is 1. The summed E-state index contributed by atoms with van der Waals surface area (Å²) in [5.74, 6) is 1.55. The molecule has 1 saturated heterocycles. The van der Waals surface area contributed by atoms with E-state index in [1.807, 2.05) is 30.9 Å². The fraction of sp³-hybridized carbons (Fsp3) is 0.438. The number of rotatable bonds is 4. The lowest BCUT2D eigenvalue weighted by Crippen LogP contribution is -2.32. The number of hydrogen-bond donors (Lipinski definition) is 0. The van der Waals surface area contributed by atoms with Crippen LogP contribution in [0, 0.1) is 13.8 Å². The van der Waals surface area contributed by atoms with Crippen LogP contribution in [0.25, 0.3) is 0 Å². The average molecular weight is 301 g/mol. The first kappa shape index (κ1) is 14.6. The fourth-order valence-corrected chi connectivity index (χ4v) is 2.68. The van der Waals surface area contributed by atoms with Gasteiger partial charge in [0.15, 0.2) is 0 Å². The van der Waals surface area contributed by atoms with E-state index in [0.29, 0.717) is 25.3 Å². The molecule has 22 heavy (non-hydrogen) atoms. The molecule has 0 saturated carbocycles. The molecule has 2 aromatic rings. The first-order valence-corrected chi connectivity index (χ1v) is 7.39.